The second-order valence-corrected chi connectivity index (χ2v) is 5.20. The first-order chi connectivity index (χ1) is 9.04. The highest BCUT2D eigenvalue weighted by Gasteiger charge is 2.35. The zero-order chi connectivity index (χ0) is 13.9. The summed E-state index contributed by atoms with van der Waals surface area (Å²) in [4.78, 5) is 11.9. The Balaban J connectivity index is 2.45. The molecule has 1 unspecified atom stereocenters. The third-order valence-corrected chi connectivity index (χ3v) is 3.81. The molecule has 19 heavy (non-hydrogen) atoms. The Morgan fingerprint density at radius 3 is 2.26 bits per heavy atom. The van der Waals surface area contributed by atoms with Crippen LogP contribution in [-0.4, -0.2) is 5.24 Å². The van der Waals surface area contributed by atoms with Crippen LogP contribution in [0.5, 0.6) is 0 Å². The molecule has 0 aliphatic heterocycles. The Bertz CT molecular complexity index is 582. The molecule has 2 rings (SSSR count). The molecule has 2 nitrogen and oxygen atoms in total. The van der Waals surface area contributed by atoms with Crippen molar-refractivity contribution in [2.24, 2.45) is 0 Å². The molecular formula is C16H16ClNO. The van der Waals surface area contributed by atoms with Crippen molar-refractivity contribution in [1.29, 1.82) is 0 Å². The highest BCUT2D eigenvalue weighted by Crippen LogP contribution is 2.34. The van der Waals surface area contributed by atoms with E-state index in [-0.39, 0.29) is 0 Å². The number of hydrogen-bond donors (Lipinski definition) is 1. The van der Waals surface area contributed by atoms with Crippen LogP contribution >= 0.6 is 11.6 Å². The minimum atomic E-state index is -0.811. The molecule has 0 fully saturated rings. The number of anilines is 1. The number of carbonyl (C=O) groups is 1. The lowest BCUT2D eigenvalue weighted by molar-refractivity contribution is -0.116. The Labute approximate surface area is 118 Å². The molecule has 0 radical (unpaired) electrons. The van der Waals surface area contributed by atoms with Crippen LogP contribution in [0.15, 0.2) is 54.6 Å². The molecule has 0 heterocycles. The molecular weight excluding hydrogens is 258 g/mol. The van der Waals surface area contributed by atoms with Crippen molar-refractivity contribution < 1.29 is 4.79 Å². The molecule has 0 spiro atoms. The summed E-state index contributed by atoms with van der Waals surface area (Å²) in [5, 5.41) is -0.394. The van der Waals surface area contributed by atoms with Gasteiger partial charge >= 0.3 is 0 Å². The molecule has 3 heteroatoms. The van der Waals surface area contributed by atoms with E-state index in [9.17, 15) is 4.79 Å². The number of para-hydroxylation sites is 1. The van der Waals surface area contributed by atoms with Gasteiger partial charge in [0.1, 0.15) is 0 Å². The van der Waals surface area contributed by atoms with E-state index in [1.54, 1.807) is 6.07 Å². The predicted octanol–water partition coefficient (Wildman–Crippen LogP) is 3.53. The van der Waals surface area contributed by atoms with Crippen molar-refractivity contribution in [3.05, 3.63) is 65.7 Å². The molecule has 2 aromatic carbocycles. The first-order valence-corrected chi connectivity index (χ1v) is 6.50. The van der Waals surface area contributed by atoms with E-state index in [2.05, 4.69) is 0 Å². The standard InChI is InChI=1S/C16H16ClNO/c1-16(15(17)19,11-12-7-3-2-4-8-12)13-9-5-6-10-14(13)18/h2-10H,11,18H2,1H3. The zero-order valence-corrected chi connectivity index (χ0v) is 11.5. The lowest BCUT2D eigenvalue weighted by Crippen LogP contribution is -2.32. The van der Waals surface area contributed by atoms with Crippen molar-refractivity contribution in [3.63, 3.8) is 0 Å². The Kier molecular flexibility index (Phi) is 3.91. The van der Waals surface area contributed by atoms with Crippen LogP contribution in [0.3, 0.4) is 0 Å². The van der Waals surface area contributed by atoms with Crippen LogP contribution in [0, 0.1) is 0 Å². The molecule has 0 aliphatic carbocycles. The number of rotatable bonds is 4. The Morgan fingerprint density at radius 1 is 1.11 bits per heavy atom. The fraction of sp³-hybridized carbons (Fsp3) is 0.188. The number of carbonyl (C=O) groups excluding carboxylic acids is 1. The van der Waals surface area contributed by atoms with Crippen LogP contribution in [0.1, 0.15) is 18.1 Å². The molecule has 2 aromatic rings. The SMILES string of the molecule is CC(Cc1ccccc1)(C(=O)Cl)c1ccccc1N. The first kappa shape index (κ1) is 13.6. The van der Waals surface area contributed by atoms with Crippen molar-refractivity contribution in [2.45, 2.75) is 18.8 Å². The largest absolute Gasteiger partial charge is 0.398 e. The van der Waals surface area contributed by atoms with Crippen LogP contribution in [0.25, 0.3) is 0 Å². The minimum absolute atomic E-state index is 0.394. The lowest BCUT2D eigenvalue weighted by Gasteiger charge is -2.27. The summed E-state index contributed by atoms with van der Waals surface area (Å²) in [5.74, 6) is 0. The van der Waals surface area contributed by atoms with Crippen molar-refractivity contribution in [3.8, 4) is 0 Å². The van der Waals surface area contributed by atoms with Gasteiger partial charge in [-0.15, -0.1) is 0 Å². The minimum Gasteiger partial charge on any atom is -0.398 e. The molecule has 98 valence electrons. The summed E-state index contributed by atoms with van der Waals surface area (Å²) in [6, 6.07) is 17.2. The number of hydrogen-bond acceptors (Lipinski definition) is 2. The summed E-state index contributed by atoms with van der Waals surface area (Å²) < 4.78 is 0. The van der Waals surface area contributed by atoms with Crippen LogP contribution < -0.4 is 5.73 Å². The molecule has 0 saturated heterocycles. The van der Waals surface area contributed by atoms with Gasteiger partial charge in [0, 0.05) is 5.69 Å². The third-order valence-electron chi connectivity index (χ3n) is 3.39. The maximum Gasteiger partial charge on any atom is 0.232 e. The quantitative estimate of drug-likeness (QED) is 0.684. The van der Waals surface area contributed by atoms with Gasteiger partial charge in [0.25, 0.3) is 0 Å². The van der Waals surface area contributed by atoms with Gasteiger partial charge in [-0.2, -0.15) is 0 Å². The van der Waals surface area contributed by atoms with Gasteiger partial charge in [-0.25, -0.2) is 0 Å². The summed E-state index contributed by atoms with van der Waals surface area (Å²) in [6.07, 6.45) is 0.532. The van der Waals surface area contributed by atoms with Gasteiger partial charge in [-0.05, 0) is 42.1 Å². The average molecular weight is 274 g/mol. The summed E-state index contributed by atoms with van der Waals surface area (Å²) in [7, 11) is 0. The summed E-state index contributed by atoms with van der Waals surface area (Å²) in [5.41, 5.74) is 7.60. The smallest absolute Gasteiger partial charge is 0.232 e. The molecule has 1 atom stereocenters. The van der Waals surface area contributed by atoms with E-state index >= 15 is 0 Å². The molecule has 0 aliphatic rings. The fourth-order valence-electron chi connectivity index (χ4n) is 2.27. The van der Waals surface area contributed by atoms with E-state index in [1.807, 2.05) is 55.5 Å². The molecule has 0 amide bonds. The van der Waals surface area contributed by atoms with E-state index in [0.29, 0.717) is 12.1 Å². The second kappa shape index (κ2) is 5.45. The lowest BCUT2D eigenvalue weighted by atomic mass is 9.77. The molecule has 0 aromatic heterocycles. The van der Waals surface area contributed by atoms with Crippen molar-refractivity contribution in [2.75, 3.05) is 5.73 Å². The number of halogens is 1. The van der Waals surface area contributed by atoms with Gasteiger partial charge < -0.3 is 5.73 Å². The highest BCUT2D eigenvalue weighted by molar-refractivity contribution is 6.65. The highest BCUT2D eigenvalue weighted by atomic mass is 35.5. The van der Waals surface area contributed by atoms with E-state index in [4.69, 9.17) is 17.3 Å². The van der Waals surface area contributed by atoms with Gasteiger partial charge in [-0.1, -0.05) is 48.5 Å². The summed E-state index contributed by atoms with van der Waals surface area (Å²) >= 11 is 5.85. The van der Waals surface area contributed by atoms with E-state index < -0.39 is 10.7 Å². The van der Waals surface area contributed by atoms with Gasteiger partial charge in [-0.3, -0.25) is 4.79 Å². The van der Waals surface area contributed by atoms with E-state index in [0.717, 1.165) is 11.1 Å². The van der Waals surface area contributed by atoms with E-state index in [1.165, 1.54) is 0 Å². The maximum absolute atomic E-state index is 11.9. The predicted molar refractivity (Wildman–Crippen MR) is 79.2 cm³/mol. The molecule has 0 bridgehead atoms. The zero-order valence-electron chi connectivity index (χ0n) is 10.8. The van der Waals surface area contributed by atoms with Crippen LogP contribution in [0.2, 0.25) is 0 Å². The first-order valence-electron chi connectivity index (χ1n) is 6.13. The normalized spacial score (nSPS) is 13.8. The van der Waals surface area contributed by atoms with Crippen LogP contribution in [0.4, 0.5) is 5.69 Å². The van der Waals surface area contributed by atoms with Gasteiger partial charge in [0.15, 0.2) is 0 Å². The Hall–Kier alpha value is -1.80. The third kappa shape index (κ3) is 2.79. The fourth-order valence-corrected chi connectivity index (χ4v) is 2.44. The molecule has 0 saturated carbocycles. The second-order valence-electron chi connectivity index (χ2n) is 4.86. The summed E-state index contributed by atoms with van der Waals surface area (Å²) in [6.45, 7) is 1.83. The Morgan fingerprint density at radius 2 is 1.68 bits per heavy atom. The maximum atomic E-state index is 11.9. The van der Waals surface area contributed by atoms with Crippen LogP contribution in [-0.2, 0) is 16.6 Å². The number of nitrogen functional groups attached to an aromatic ring is 1. The van der Waals surface area contributed by atoms with Gasteiger partial charge in [0.05, 0.1) is 5.41 Å². The average Bonchev–Trinajstić information content (AvgIpc) is 2.40. The van der Waals surface area contributed by atoms with Crippen molar-refractivity contribution >= 4 is 22.5 Å². The number of nitrogens with two attached hydrogens (primary N) is 1. The molecule has 2 N–H and O–H groups in total. The topological polar surface area (TPSA) is 43.1 Å². The van der Waals surface area contributed by atoms with Gasteiger partial charge in [0.2, 0.25) is 5.24 Å². The monoisotopic (exact) mass is 273 g/mol. The number of benzene rings is 2. The van der Waals surface area contributed by atoms with Crippen molar-refractivity contribution in [1.82, 2.24) is 0 Å².